The Labute approximate surface area is 169 Å². The zero-order valence-electron chi connectivity index (χ0n) is 14.4. The lowest BCUT2D eigenvalue weighted by atomic mass is 10.1. The minimum atomic E-state index is -1.25. The number of rotatable bonds is 5. The van der Waals surface area contributed by atoms with E-state index in [1.165, 1.54) is 16.5 Å². The Bertz CT molecular complexity index is 1110. The van der Waals surface area contributed by atoms with E-state index in [1.807, 2.05) is 12.1 Å². The van der Waals surface area contributed by atoms with Crippen molar-refractivity contribution in [1.82, 2.24) is 14.6 Å². The van der Waals surface area contributed by atoms with Crippen molar-refractivity contribution in [1.29, 1.82) is 0 Å². The molecule has 7 nitrogen and oxygen atoms in total. The number of aliphatic imine (C=N–C) groups is 1. The first-order chi connectivity index (χ1) is 13.5. The van der Waals surface area contributed by atoms with E-state index < -0.39 is 17.7 Å². The van der Waals surface area contributed by atoms with Gasteiger partial charge in [0.2, 0.25) is 5.79 Å². The molecular weight excluding hydrogens is 400 g/mol. The summed E-state index contributed by atoms with van der Waals surface area (Å²) >= 11 is 7.56. The van der Waals surface area contributed by atoms with Gasteiger partial charge in [-0.15, -0.1) is 0 Å². The molecule has 0 radical (unpaired) electrons. The predicted molar refractivity (Wildman–Crippen MR) is 109 cm³/mol. The van der Waals surface area contributed by atoms with Crippen molar-refractivity contribution in [3.63, 3.8) is 0 Å². The average Bonchev–Trinajstić information content (AvgIpc) is 3.28. The van der Waals surface area contributed by atoms with Gasteiger partial charge in [-0.3, -0.25) is 9.59 Å². The van der Waals surface area contributed by atoms with Crippen molar-refractivity contribution in [2.45, 2.75) is 12.3 Å². The molecule has 1 amide bonds. The Hall–Kier alpha value is -2.81. The maximum absolute atomic E-state index is 13.2. The monoisotopic (exact) mass is 414 g/mol. The molecule has 0 saturated heterocycles. The van der Waals surface area contributed by atoms with Gasteiger partial charge in [0.15, 0.2) is 0 Å². The van der Waals surface area contributed by atoms with E-state index in [0.29, 0.717) is 16.1 Å². The molecule has 1 atom stereocenters. The van der Waals surface area contributed by atoms with Gasteiger partial charge in [-0.2, -0.15) is 0 Å². The van der Waals surface area contributed by atoms with Crippen LogP contribution in [0.3, 0.4) is 0 Å². The molecule has 1 aromatic heterocycles. The number of nitrogens with zero attached hydrogens (tertiary/aromatic N) is 2. The van der Waals surface area contributed by atoms with Crippen LogP contribution in [0.4, 0.5) is 0 Å². The quantitative estimate of drug-likeness (QED) is 0.557. The number of amides is 1. The summed E-state index contributed by atoms with van der Waals surface area (Å²) in [5.74, 6) is -2.75. The Balaban J connectivity index is 1.76. The molecule has 0 saturated carbocycles. The zero-order chi connectivity index (χ0) is 19.7. The molecule has 4 rings (SSSR count). The number of carboxylic acid groups (broad SMARTS) is 1. The van der Waals surface area contributed by atoms with Gasteiger partial charge in [0, 0.05) is 21.5 Å². The van der Waals surface area contributed by atoms with Crippen LogP contribution in [-0.4, -0.2) is 27.1 Å². The Kier molecular flexibility index (Phi) is 4.84. The normalized spacial score (nSPS) is 18.5. The number of aromatic nitrogens is 1. The van der Waals surface area contributed by atoms with Gasteiger partial charge in [-0.1, -0.05) is 48.0 Å². The van der Waals surface area contributed by atoms with Crippen LogP contribution in [-0.2, 0) is 17.1 Å². The molecule has 0 fully saturated rings. The number of halogens is 1. The lowest BCUT2D eigenvalue weighted by molar-refractivity contribution is -0.137. The summed E-state index contributed by atoms with van der Waals surface area (Å²) in [5, 5.41) is 13.4. The van der Waals surface area contributed by atoms with Crippen LogP contribution in [0.1, 0.15) is 16.1 Å². The molecule has 1 aliphatic rings. The van der Waals surface area contributed by atoms with E-state index in [1.54, 1.807) is 48.0 Å². The molecule has 2 heterocycles. The number of para-hydroxylation sites is 1. The fourth-order valence-corrected chi connectivity index (χ4v) is 4.10. The highest BCUT2D eigenvalue weighted by molar-refractivity contribution is 8.10. The number of carbonyl (C=O) groups is 2. The molecular formula is C19H15ClN4O3S. The van der Waals surface area contributed by atoms with Crippen LogP contribution in [0.15, 0.2) is 59.6 Å². The number of carboxylic acids is 1. The van der Waals surface area contributed by atoms with Crippen molar-refractivity contribution in [3.8, 4) is 0 Å². The molecule has 3 aromatic rings. The molecule has 0 bridgehead atoms. The molecule has 1 unspecified atom stereocenters. The van der Waals surface area contributed by atoms with Crippen LogP contribution >= 0.6 is 23.5 Å². The van der Waals surface area contributed by atoms with E-state index in [-0.39, 0.29) is 12.2 Å². The number of carbonyl (C=O) groups excluding carboxylic acids is 1. The molecule has 0 spiro atoms. The van der Waals surface area contributed by atoms with Crippen LogP contribution in [0.5, 0.6) is 0 Å². The second-order valence-corrected chi connectivity index (χ2v) is 7.22. The average molecular weight is 415 g/mol. The van der Waals surface area contributed by atoms with Crippen molar-refractivity contribution < 1.29 is 14.7 Å². The van der Waals surface area contributed by atoms with Gasteiger partial charge >= 0.3 is 5.97 Å². The van der Waals surface area contributed by atoms with Crippen molar-refractivity contribution in [2.24, 2.45) is 4.99 Å². The van der Waals surface area contributed by atoms with Crippen LogP contribution in [0.25, 0.3) is 10.9 Å². The van der Waals surface area contributed by atoms with E-state index in [9.17, 15) is 14.7 Å². The predicted octanol–water partition coefficient (Wildman–Crippen LogP) is 3.20. The molecule has 2 aromatic carbocycles. The van der Waals surface area contributed by atoms with Gasteiger partial charge in [0.25, 0.3) is 5.91 Å². The summed E-state index contributed by atoms with van der Waals surface area (Å²) < 4.78 is 4.55. The Morgan fingerprint density at radius 2 is 1.96 bits per heavy atom. The minimum Gasteiger partial charge on any atom is -0.480 e. The van der Waals surface area contributed by atoms with Gasteiger partial charge in [-0.25, -0.2) is 9.71 Å². The SMILES string of the molecule is O=C(O)Cn1c(C(=O)NC2(c3ccccc3Cl)N=CSN2)cc2ccccc21. The fraction of sp³-hybridized carbons (Fsp3) is 0.105. The Morgan fingerprint density at radius 1 is 1.21 bits per heavy atom. The highest BCUT2D eigenvalue weighted by Crippen LogP contribution is 2.32. The number of hydrogen-bond donors (Lipinski definition) is 3. The summed E-state index contributed by atoms with van der Waals surface area (Å²) in [4.78, 5) is 28.9. The first kappa shape index (κ1) is 18.5. The van der Waals surface area contributed by atoms with Gasteiger partial charge in [-0.05, 0) is 30.1 Å². The number of benzene rings is 2. The molecule has 9 heteroatoms. The first-order valence-electron chi connectivity index (χ1n) is 8.34. The summed E-state index contributed by atoms with van der Waals surface area (Å²) in [5.41, 5.74) is 3.06. The number of hydrogen-bond acceptors (Lipinski definition) is 5. The molecule has 28 heavy (non-hydrogen) atoms. The van der Waals surface area contributed by atoms with E-state index in [2.05, 4.69) is 15.0 Å². The summed E-state index contributed by atoms with van der Waals surface area (Å²) in [6.45, 7) is -0.333. The van der Waals surface area contributed by atoms with Crippen molar-refractivity contribution in [3.05, 3.63) is 70.9 Å². The summed E-state index contributed by atoms with van der Waals surface area (Å²) in [7, 11) is 0. The van der Waals surface area contributed by atoms with Crippen LogP contribution < -0.4 is 10.0 Å². The zero-order valence-corrected chi connectivity index (χ0v) is 16.0. The maximum atomic E-state index is 13.2. The number of aliphatic carboxylic acids is 1. The fourth-order valence-electron chi connectivity index (χ4n) is 3.18. The van der Waals surface area contributed by atoms with Crippen molar-refractivity contribution >= 4 is 51.9 Å². The van der Waals surface area contributed by atoms with Gasteiger partial charge in [0.1, 0.15) is 12.2 Å². The number of nitrogens with one attached hydrogen (secondary N) is 2. The maximum Gasteiger partial charge on any atom is 0.323 e. The topological polar surface area (TPSA) is 95.7 Å². The highest BCUT2D eigenvalue weighted by Gasteiger charge is 2.38. The summed E-state index contributed by atoms with van der Waals surface area (Å²) in [6.07, 6.45) is 0. The molecule has 1 aliphatic heterocycles. The third kappa shape index (κ3) is 3.26. The first-order valence-corrected chi connectivity index (χ1v) is 9.60. The highest BCUT2D eigenvalue weighted by atomic mass is 35.5. The Morgan fingerprint density at radius 3 is 2.68 bits per heavy atom. The van der Waals surface area contributed by atoms with Crippen LogP contribution in [0, 0.1) is 0 Å². The van der Waals surface area contributed by atoms with Gasteiger partial charge < -0.3 is 15.0 Å². The lowest BCUT2D eigenvalue weighted by Crippen LogP contribution is -2.51. The van der Waals surface area contributed by atoms with E-state index >= 15 is 0 Å². The third-order valence-electron chi connectivity index (χ3n) is 4.40. The van der Waals surface area contributed by atoms with Crippen LogP contribution in [0.2, 0.25) is 5.02 Å². The lowest BCUT2D eigenvalue weighted by Gasteiger charge is -2.28. The smallest absolute Gasteiger partial charge is 0.323 e. The summed E-state index contributed by atoms with van der Waals surface area (Å²) in [6, 6.07) is 16.0. The second-order valence-electron chi connectivity index (χ2n) is 6.17. The molecule has 3 N–H and O–H groups in total. The van der Waals surface area contributed by atoms with E-state index in [0.717, 1.165) is 5.39 Å². The van der Waals surface area contributed by atoms with Gasteiger partial charge in [0.05, 0.1) is 5.55 Å². The minimum absolute atomic E-state index is 0.226. The molecule has 0 aliphatic carbocycles. The standard InChI is InChI=1S/C19H15ClN4O3S/c20-14-7-3-2-6-13(14)19(21-11-28-23-19)22-18(27)16-9-12-5-1-4-8-15(12)24(16)10-17(25)26/h1-9,11,23H,10H2,(H,22,27)(H,25,26). The number of fused-ring (bicyclic) bond motifs is 1. The van der Waals surface area contributed by atoms with E-state index in [4.69, 9.17) is 11.6 Å². The largest absolute Gasteiger partial charge is 0.480 e. The third-order valence-corrected chi connectivity index (χ3v) is 5.35. The second kappa shape index (κ2) is 7.31. The molecule has 142 valence electrons. The van der Waals surface area contributed by atoms with Crippen molar-refractivity contribution in [2.75, 3.05) is 0 Å².